The molecule has 0 atom stereocenters. The largest absolute Gasteiger partial charge is 0.310 e. The summed E-state index contributed by atoms with van der Waals surface area (Å²) in [5.74, 6) is 0. The Balaban J connectivity index is 1.46. The molecule has 0 N–H and O–H groups in total. The summed E-state index contributed by atoms with van der Waals surface area (Å²) >= 11 is 6.77. The van der Waals surface area contributed by atoms with E-state index in [1.165, 1.54) is 22.3 Å². The lowest BCUT2D eigenvalue weighted by Crippen LogP contribution is -2.10. The van der Waals surface area contributed by atoms with E-state index in [0.717, 1.165) is 32.9 Å². The Kier molecular flexibility index (Phi) is 5.99. The molecule has 0 aliphatic carbocycles. The number of nitrogens with zero attached hydrogens (tertiary/aromatic N) is 1. The molecule has 0 heterocycles. The lowest BCUT2D eigenvalue weighted by Gasteiger charge is -2.26. The van der Waals surface area contributed by atoms with Crippen LogP contribution in [-0.2, 0) is 0 Å². The summed E-state index contributed by atoms with van der Waals surface area (Å²) in [4.78, 5) is 2.27. The predicted octanol–water partition coefficient (Wildman–Crippen LogP) is 10.3. The molecule has 1 nitrogen and oxygen atoms in total. The van der Waals surface area contributed by atoms with Gasteiger partial charge in [-0.05, 0) is 64.0 Å². The Labute approximate surface area is 216 Å². The van der Waals surface area contributed by atoms with Crippen LogP contribution in [0.1, 0.15) is 0 Å². The van der Waals surface area contributed by atoms with Gasteiger partial charge in [-0.15, -0.1) is 0 Å². The van der Waals surface area contributed by atoms with Crippen molar-refractivity contribution in [2.75, 3.05) is 4.90 Å². The number of anilines is 3. The Hall–Kier alpha value is -4.33. The average Bonchev–Trinajstić information content (AvgIpc) is 2.95. The van der Waals surface area contributed by atoms with Crippen molar-refractivity contribution >= 4 is 39.4 Å². The summed E-state index contributed by atoms with van der Waals surface area (Å²) in [6.07, 6.45) is 0. The summed E-state index contributed by atoms with van der Waals surface area (Å²) in [5, 5.41) is 2.92. The molecule has 6 aromatic rings. The van der Waals surface area contributed by atoms with Gasteiger partial charge in [-0.3, -0.25) is 0 Å². The van der Waals surface area contributed by atoms with Gasteiger partial charge in [0.05, 0.1) is 5.02 Å². The fourth-order valence-electron chi connectivity index (χ4n) is 4.69. The van der Waals surface area contributed by atoms with Crippen LogP contribution in [0, 0.1) is 0 Å². The number of hydrogen-bond donors (Lipinski definition) is 0. The van der Waals surface area contributed by atoms with Crippen LogP contribution in [0.15, 0.2) is 146 Å². The minimum atomic E-state index is 0.745. The van der Waals surface area contributed by atoms with Gasteiger partial charge in [0.15, 0.2) is 0 Å². The molecular weight excluding hydrogens is 458 g/mol. The highest BCUT2D eigenvalue weighted by Gasteiger charge is 2.15. The zero-order valence-electron chi connectivity index (χ0n) is 19.7. The fraction of sp³-hybridized carbons (Fsp3) is 0. The molecule has 0 bridgehead atoms. The molecule has 0 aliphatic rings. The molecule has 0 spiro atoms. The molecule has 0 unspecified atom stereocenters. The van der Waals surface area contributed by atoms with Crippen molar-refractivity contribution in [3.05, 3.63) is 151 Å². The van der Waals surface area contributed by atoms with E-state index in [1.54, 1.807) is 0 Å². The number of rotatable bonds is 5. The summed E-state index contributed by atoms with van der Waals surface area (Å²) in [6, 6.07) is 50.9. The Morgan fingerprint density at radius 1 is 0.389 bits per heavy atom. The van der Waals surface area contributed by atoms with Gasteiger partial charge in [-0.2, -0.15) is 0 Å². The van der Waals surface area contributed by atoms with Crippen molar-refractivity contribution in [1.82, 2.24) is 0 Å². The summed E-state index contributed by atoms with van der Waals surface area (Å²) in [6.45, 7) is 0. The molecule has 172 valence electrons. The standard InChI is InChI=1S/C34H24ClN/c35-34-24-32(23-29-13-7-8-14-33(29)34)36(30-19-15-27(16-20-30)25-9-3-1-4-10-25)31-21-17-28(18-22-31)26-11-5-2-6-12-26/h1-24H. The minimum Gasteiger partial charge on any atom is -0.310 e. The van der Waals surface area contributed by atoms with Gasteiger partial charge in [0, 0.05) is 22.4 Å². The van der Waals surface area contributed by atoms with Crippen LogP contribution in [0.3, 0.4) is 0 Å². The second-order valence-corrected chi connectivity index (χ2v) is 9.22. The molecule has 0 aliphatic heterocycles. The zero-order valence-corrected chi connectivity index (χ0v) is 20.4. The molecule has 6 aromatic carbocycles. The molecule has 0 aromatic heterocycles. The van der Waals surface area contributed by atoms with E-state index in [4.69, 9.17) is 11.6 Å². The average molecular weight is 482 g/mol. The van der Waals surface area contributed by atoms with Crippen molar-refractivity contribution in [3.63, 3.8) is 0 Å². The smallest absolute Gasteiger partial charge is 0.0505 e. The summed E-state index contributed by atoms with van der Waals surface area (Å²) in [5.41, 5.74) is 7.97. The maximum atomic E-state index is 6.77. The maximum Gasteiger partial charge on any atom is 0.0505 e. The van der Waals surface area contributed by atoms with Crippen molar-refractivity contribution < 1.29 is 0 Å². The van der Waals surface area contributed by atoms with E-state index in [9.17, 15) is 0 Å². The van der Waals surface area contributed by atoms with E-state index in [1.807, 2.05) is 18.2 Å². The topological polar surface area (TPSA) is 3.24 Å². The van der Waals surface area contributed by atoms with Crippen LogP contribution in [0.5, 0.6) is 0 Å². The van der Waals surface area contributed by atoms with Crippen LogP contribution >= 0.6 is 11.6 Å². The third-order valence-electron chi connectivity index (χ3n) is 6.52. The second kappa shape index (κ2) is 9.73. The molecule has 0 fully saturated rings. The Bertz CT molecular complexity index is 1520. The van der Waals surface area contributed by atoms with E-state index < -0.39 is 0 Å². The second-order valence-electron chi connectivity index (χ2n) is 8.81. The lowest BCUT2D eigenvalue weighted by atomic mass is 10.0. The van der Waals surface area contributed by atoms with Crippen molar-refractivity contribution in [2.45, 2.75) is 0 Å². The SMILES string of the molecule is Clc1cc(N(c2ccc(-c3ccccc3)cc2)c2ccc(-c3ccccc3)cc2)cc2ccccc12. The summed E-state index contributed by atoms with van der Waals surface area (Å²) < 4.78 is 0. The predicted molar refractivity (Wildman–Crippen MR) is 155 cm³/mol. The van der Waals surface area contributed by atoms with Gasteiger partial charge in [0.25, 0.3) is 0 Å². The van der Waals surface area contributed by atoms with Crippen LogP contribution in [-0.4, -0.2) is 0 Å². The number of benzene rings is 6. The first-order chi connectivity index (χ1) is 17.8. The van der Waals surface area contributed by atoms with Gasteiger partial charge in [-0.1, -0.05) is 121 Å². The normalized spacial score (nSPS) is 10.9. The minimum absolute atomic E-state index is 0.745. The molecule has 0 radical (unpaired) electrons. The zero-order chi connectivity index (χ0) is 24.3. The Morgan fingerprint density at radius 2 is 0.833 bits per heavy atom. The molecule has 0 saturated heterocycles. The number of halogens is 1. The van der Waals surface area contributed by atoms with Gasteiger partial charge in [-0.25, -0.2) is 0 Å². The van der Waals surface area contributed by atoms with Crippen LogP contribution in [0.4, 0.5) is 17.1 Å². The van der Waals surface area contributed by atoms with Crippen molar-refractivity contribution in [1.29, 1.82) is 0 Å². The van der Waals surface area contributed by atoms with Crippen LogP contribution in [0.25, 0.3) is 33.0 Å². The molecule has 36 heavy (non-hydrogen) atoms. The highest BCUT2D eigenvalue weighted by atomic mass is 35.5. The highest BCUT2D eigenvalue weighted by molar-refractivity contribution is 6.36. The fourth-order valence-corrected chi connectivity index (χ4v) is 4.98. The molecule has 0 amide bonds. The van der Waals surface area contributed by atoms with Gasteiger partial charge < -0.3 is 4.90 Å². The number of hydrogen-bond acceptors (Lipinski definition) is 1. The van der Waals surface area contributed by atoms with Crippen LogP contribution in [0.2, 0.25) is 5.02 Å². The summed E-state index contributed by atoms with van der Waals surface area (Å²) in [7, 11) is 0. The lowest BCUT2D eigenvalue weighted by molar-refractivity contribution is 1.29. The van der Waals surface area contributed by atoms with E-state index in [2.05, 4.69) is 132 Å². The van der Waals surface area contributed by atoms with Gasteiger partial charge in [0.1, 0.15) is 0 Å². The van der Waals surface area contributed by atoms with Crippen molar-refractivity contribution in [3.8, 4) is 22.3 Å². The number of fused-ring (bicyclic) bond motifs is 1. The third-order valence-corrected chi connectivity index (χ3v) is 6.83. The molecular formula is C34H24ClN. The van der Waals surface area contributed by atoms with Gasteiger partial charge >= 0.3 is 0 Å². The Morgan fingerprint density at radius 3 is 1.36 bits per heavy atom. The first-order valence-electron chi connectivity index (χ1n) is 12.1. The highest BCUT2D eigenvalue weighted by Crippen LogP contribution is 2.39. The first-order valence-corrected chi connectivity index (χ1v) is 12.4. The monoisotopic (exact) mass is 481 g/mol. The van der Waals surface area contributed by atoms with Crippen molar-refractivity contribution in [2.24, 2.45) is 0 Å². The quantitative estimate of drug-likeness (QED) is 0.236. The molecule has 0 saturated carbocycles. The van der Waals surface area contributed by atoms with E-state index >= 15 is 0 Å². The maximum absolute atomic E-state index is 6.77. The van der Waals surface area contributed by atoms with E-state index in [-0.39, 0.29) is 0 Å². The third kappa shape index (κ3) is 4.37. The van der Waals surface area contributed by atoms with E-state index in [0.29, 0.717) is 0 Å². The first kappa shape index (κ1) is 22.2. The molecule has 6 rings (SSSR count). The van der Waals surface area contributed by atoms with Gasteiger partial charge in [0.2, 0.25) is 0 Å². The molecule has 2 heteroatoms. The van der Waals surface area contributed by atoms with Crippen LogP contribution < -0.4 is 4.90 Å².